The Hall–Kier alpha value is -0.790. The normalized spacial score (nSPS) is 14.5. The van der Waals surface area contributed by atoms with Gasteiger partial charge in [0.2, 0.25) is 0 Å². The number of benzene rings is 1. The van der Waals surface area contributed by atoms with E-state index in [1.165, 1.54) is 30.5 Å². The minimum Gasteiger partial charge on any atom is -0.424 e. The van der Waals surface area contributed by atoms with E-state index in [1.54, 1.807) is 0 Å². The Labute approximate surface area is 104 Å². The predicted molar refractivity (Wildman–Crippen MR) is 71.3 cm³/mol. The van der Waals surface area contributed by atoms with Crippen LogP contribution in [0.5, 0.6) is 5.75 Å². The summed E-state index contributed by atoms with van der Waals surface area (Å²) in [5.74, 6) is 0.693. The first-order valence-electron chi connectivity index (χ1n) is 5.61. The minimum atomic E-state index is -3.00. The van der Waals surface area contributed by atoms with Gasteiger partial charge in [-0.3, -0.25) is 0 Å². The first-order valence-corrected chi connectivity index (χ1v) is 7.60. The van der Waals surface area contributed by atoms with Gasteiger partial charge in [-0.1, -0.05) is 0 Å². The van der Waals surface area contributed by atoms with E-state index < -0.39 is 7.60 Å². The third-order valence-electron chi connectivity index (χ3n) is 3.52. The molecule has 1 aromatic carbocycles. The van der Waals surface area contributed by atoms with Gasteiger partial charge >= 0.3 is 7.60 Å². The van der Waals surface area contributed by atoms with Crippen molar-refractivity contribution in [3.05, 3.63) is 27.8 Å². The van der Waals surface area contributed by atoms with Gasteiger partial charge < -0.3 is 9.05 Å². The SMILES string of the molecule is COP(C)(=O)Oc1c(C)c(C)c(C)c(C)c1C. The zero-order chi connectivity index (χ0) is 13.4. The Morgan fingerprint density at radius 1 is 0.824 bits per heavy atom. The fourth-order valence-corrected chi connectivity index (χ4v) is 2.49. The molecule has 0 radical (unpaired) electrons. The topological polar surface area (TPSA) is 35.5 Å². The summed E-state index contributed by atoms with van der Waals surface area (Å²) in [6, 6.07) is 0. The lowest BCUT2D eigenvalue weighted by molar-refractivity contribution is 0.327. The lowest BCUT2D eigenvalue weighted by Gasteiger charge is -2.21. The van der Waals surface area contributed by atoms with Crippen molar-refractivity contribution < 1.29 is 13.6 Å². The second-order valence-corrected chi connectivity index (χ2v) is 6.59. The summed E-state index contributed by atoms with van der Waals surface area (Å²) < 4.78 is 22.4. The van der Waals surface area contributed by atoms with Crippen molar-refractivity contribution in [3.8, 4) is 5.75 Å². The zero-order valence-corrected chi connectivity index (χ0v) is 12.6. The van der Waals surface area contributed by atoms with Gasteiger partial charge in [-0.05, 0) is 62.4 Å². The molecular weight excluding hydrogens is 235 g/mol. The van der Waals surface area contributed by atoms with Crippen LogP contribution < -0.4 is 4.52 Å². The van der Waals surface area contributed by atoms with Crippen molar-refractivity contribution in [3.63, 3.8) is 0 Å². The van der Waals surface area contributed by atoms with Crippen molar-refractivity contribution in [1.29, 1.82) is 0 Å². The Morgan fingerprint density at radius 2 is 1.18 bits per heavy atom. The first kappa shape index (κ1) is 14.3. The Kier molecular flexibility index (Phi) is 4.06. The first-order chi connectivity index (χ1) is 7.71. The van der Waals surface area contributed by atoms with Crippen LogP contribution in [0.2, 0.25) is 0 Å². The molecule has 1 atom stereocenters. The van der Waals surface area contributed by atoms with Crippen LogP contribution in [0.4, 0.5) is 0 Å². The van der Waals surface area contributed by atoms with Crippen LogP contribution in [0, 0.1) is 34.6 Å². The lowest BCUT2D eigenvalue weighted by atomic mass is 9.94. The largest absolute Gasteiger partial charge is 0.424 e. The van der Waals surface area contributed by atoms with E-state index in [9.17, 15) is 4.57 Å². The molecule has 1 unspecified atom stereocenters. The van der Waals surface area contributed by atoms with Crippen LogP contribution in [-0.4, -0.2) is 13.8 Å². The summed E-state index contributed by atoms with van der Waals surface area (Å²) >= 11 is 0. The third kappa shape index (κ3) is 2.72. The third-order valence-corrected chi connectivity index (χ3v) is 4.70. The van der Waals surface area contributed by atoms with Gasteiger partial charge in [0.1, 0.15) is 5.75 Å². The summed E-state index contributed by atoms with van der Waals surface area (Å²) in [5, 5.41) is 0. The fraction of sp³-hybridized carbons (Fsp3) is 0.538. The molecule has 4 heteroatoms. The summed E-state index contributed by atoms with van der Waals surface area (Å²) in [4.78, 5) is 0. The molecule has 0 aromatic heterocycles. The average molecular weight is 256 g/mol. The molecule has 0 N–H and O–H groups in total. The molecule has 0 fully saturated rings. The monoisotopic (exact) mass is 256 g/mol. The van der Waals surface area contributed by atoms with E-state index in [0.29, 0.717) is 5.75 Å². The second kappa shape index (κ2) is 4.83. The molecule has 0 amide bonds. The minimum absolute atomic E-state index is 0.693. The molecule has 0 saturated heterocycles. The molecule has 0 aliphatic heterocycles. The maximum absolute atomic E-state index is 11.9. The van der Waals surface area contributed by atoms with E-state index >= 15 is 0 Å². The van der Waals surface area contributed by atoms with Gasteiger partial charge in [-0.2, -0.15) is 0 Å². The van der Waals surface area contributed by atoms with E-state index in [0.717, 1.165) is 11.1 Å². The number of rotatable bonds is 3. The number of hydrogen-bond acceptors (Lipinski definition) is 3. The molecule has 1 rings (SSSR count). The van der Waals surface area contributed by atoms with Gasteiger partial charge in [0.25, 0.3) is 0 Å². The highest BCUT2D eigenvalue weighted by atomic mass is 31.2. The quantitative estimate of drug-likeness (QED) is 0.764. The van der Waals surface area contributed by atoms with Crippen molar-refractivity contribution in [2.75, 3.05) is 13.8 Å². The molecule has 3 nitrogen and oxygen atoms in total. The van der Waals surface area contributed by atoms with Crippen LogP contribution >= 0.6 is 7.60 Å². The lowest BCUT2D eigenvalue weighted by Crippen LogP contribution is -2.02. The Morgan fingerprint density at radius 3 is 1.53 bits per heavy atom. The maximum atomic E-state index is 11.9. The molecule has 1 aromatic rings. The Balaban J connectivity index is 3.40. The molecule has 0 heterocycles. The highest BCUT2D eigenvalue weighted by Crippen LogP contribution is 2.46. The molecule has 96 valence electrons. The molecule has 0 spiro atoms. The number of hydrogen-bond donors (Lipinski definition) is 0. The van der Waals surface area contributed by atoms with Gasteiger partial charge in [0, 0.05) is 13.8 Å². The molecule has 17 heavy (non-hydrogen) atoms. The van der Waals surface area contributed by atoms with Crippen molar-refractivity contribution >= 4 is 7.60 Å². The molecule has 0 aliphatic carbocycles. The van der Waals surface area contributed by atoms with Crippen LogP contribution in [-0.2, 0) is 9.09 Å². The fourth-order valence-electron chi connectivity index (χ4n) is 1.81. The van der Waals surface area contributed by atoms with Gasteiger partial charge in [-0.25, -0.2) is 4.57 Å². The van der Waals surface area contributed by atoms with E-state index in [2.05, 4.69) is 20.8 Å². The van der Waals surface area contributed by atoms with Crippen molar-refractivity contribution in [2.45, 2.75) is 34.6 Å². The summed E-state index contributed by atoms with van der Waals surface area (Å²) in [5.41, 5.74) is 5.68. The van der Waals surface area contributed by atoms with Crippen LogP contribution in [0.25, 0.3) is 0 Å². The second-order valence-electron chi connectivity index (χ2n) is 4.50. The molecular formula is C13H21O3P. The van der Waals surface area contributed by atoms with Crippen LogP contribution in [0.3, 0.4) is 0 Å². The molecule has 0 aliphatic rings. The highest BCUT2D eigenvalue weighted by molar-refractivity contribution is 7.53. The van der Waals surface area contributed by atoms with E-state index in [1.807, 2.05) is 13.8 Å². The molecule has 0 bridgehead atoms. The molecule has 0 saturated carbocycles. The smallest absolute Gasteiger partial charge is 0.375 e. The summed E-state index contributed by atoms with van der Waals surface area (Å²) in [6.45, 7) is 11.7. The average Bonchev–Trinajstić information content (AvgIpc) is 2.30. The summed E-state index contributed by atoms with van der Waals surface area (Å²) in [7, 11) is -1.60. The van der Waals surface area contributed by atoms with Gasteiger partial charge in [0.15, 0.2) is 0 Å². The zero-order valence-electron chi connectivity index (χ0n) is 11.7. The van der Waals surface area contributed by atoms with E-state index in [4.69, 9.17) is 9.05 Å². The maximum Gasteiger partial charge on any atom is 0.375 e. The predicted octanol–water partition coefficient (Wildman–Crippen LogP) is 4.08. The van der Waals surface area contributed by atoms with Gasteiger partial charge in [-0.15, -0.1) is 0 Å². The van der Waals surface area contributed by atoms with E-state index in [-0.39, 0.29) is 0 Å². The standard InChI is InChI=1S/C13H21O3P/c1-8-9(2)11(4)13(12(5)10(8)3)16-17(7,14)15-6/h1-7H3. The highest BCUT2D eigenvalue weighted by Gasteiger charge is 2.21. The Bertz CT molecular complexity index is 463. The van der Waals surface area contributed by atoms with Crippen molar-refractivity contribution in [2.24, 2.45) is 0 Å². The summed E-state index contributed by atoms with van der Waals surface area (Å²) in [6.07, 6.45) is 0. The van der Waals surface area contributed by atoms with Gasteiger partial charge in [0.05, 0.1) is 0 Å². The van der Waals surface area contributed by atoms with Crippen LogP contribution in [0.1, 0.15) is 27.8 Å². The van der Waals surface area contributed by atoms with Crippen molar-refractivity contribution in [1.82, 2.24) is 0 Å². The van der Waals surface area contributed by atoms with Crippen LogP contribution in [0.15, 0.2) is 0 Å².